The molecule has 1 aliphatic rings. The van der Waals surface area contributed by atoms with E-state index in [1.54, 1.807) is 7.05 Å². The molecule has 23 heavy (non-hydrogen) atoms. The fourth-order valence-electron chi connectivity index (χ4n) is 2.87. The Balaban J connectivity index is 1.97. The third-order valence-electron chi connectivity index (χ3n) is 4.01. The second-order valence-corrected chi connectivity index (χ2v) is 7.04. The first-order valence-corrected chi connectivity index (χ1v) is 8.40. The molecular formula is C16H26ClN3O3. The number of nitrogens with zero attached hydrogens (tertiary/aromatic N) is 2. The number of ether oxygens (including phenoxy) is 2. The predicted octanol–water partition coefficient (Wildman–Crippen LogP) is 2.72. The van der Waals surface area contributed by atoms with Crippen molar-refractivity contribution in [2.45, 2.75) is 45.8 Å². The molecule has 1 N–H and O–H groups in total. The Kier molecular flexibility index (Phi) is 5.70. The molecule has 2 rings (SSSR count). The van der Waals surface area contributed by atoms with Crippen LogP contribution in [0.2, 0.25) is 5.15 Å². The summed E-state index contributed by atoms with van der Waals surface area (Å²) in [6, 6.07) is 0. The van der Waals surface area contributed by atoms with Crippen molar-refractivity contribution in [3.63, 3.8) is 0 Å². The zero-order valence-corrected chi connectivity index (χ0v) is 15.2. The lowest BCUT2D eigenvalue weighted by Gasteiger charge is -2.26. The van der Waals surface area contributed by atoms with E-state index in [1.807, 2.05) is 20.8 Å². The van der Waals surface area contributed by atoms with Crippen molar-refractivity contribution in [2.75, 3.05) is 19.8 Å². The van der Waals surface area contributed by atoms with Crippen LogP contribution in [0.15, 0.2) is 0 Å². The zero-order valence-electron chi connectivity index (χ0n) is 14.5. The van der Waals surface area contributed by atoms with Gasteiger partial charge in [-0.05, 0) is 18.8 Å². The van der Waals surface area contributed by atoms with Gasteiger partial charge >= 0.3 is 0 Å². The maximum absolute atomic E-state index is 12.5. The molecule has 0 spiro atoms. The number of rotatable bonds is 6. The lowest BCUT2D eigenvalue weighted by molar-refractivity contribution is -0.153. The van der Waals surface area contributed by atoms with Crippen molar-refractivity contribution in [1.29, 1.82) is 0 Å². The molecule has 0 saturated carbocycles. The summed E-state index contributed by atoms with van der Waals surface area (Å²) in [5.74, 6) is -0.373. The van der Waals surface area contributed by atoms with Crippen molar-refractivity contribution in [1.82, 2.24) is 15.1 Å². The SMILES string of the molecule is CC(C)c1nn(C)c(Cl)c1C(=O)NC[C@H](C)CC1(C)OCCO1. The smallest absolute Gasteiger partial charge is 0.256 e. The molecule has 130 valence electrons. The van der Waals surface area contributed by atoms with Gasteiger partial charge in [0.15, 0.2) is 5.79 Å². The molecule has 6 nitrogen and oxygen atoms in total. The average molecular weight is 344 g/mol. The molecule has 1 saturated heterocycles. The van der Waals surface area contributed by atoms with Gasteiger partial charge < -0.3 is 14.8 Å². The second kappa shape index (κ2) is 7.20. The van der Waals surface area contributed by atoms with E-state index in [4.69, 9.17) is 21.1 Å². The van der Waals surface area contributed by atoms with Crippen molar-refractivity contribution in [3.8, 4) is 0 Å². The number of hydrogen-bond donors (Lipinski definition) is 1. The van der Waals surface area contributed by atoms with Crippen LogP contribution < -0.4 is 5.32 Å². The van der Waals surface area contributed by atoms with Crippen LogP contribution in [0, 0.1) is 5.92 Å². The van der Waals surface area contributed by atoms with Gasteiger partial charge in [0.1, 0.15) is 5.15 Å². The van der Waals surface area contributed by atoms with E-state index in [0.717, 1.165) is 12.1 Å². The van der Waals surface area contributed by atoms with E-state index in [2.05, 4.69) is 17.3 Å². The van der Waals surface area contributed by atoms with Gasteiger partial charge in [-0.15, -0.1) is 0 Å². The third kappa shape index (κ3) is 4.25. The molecule has 1 aliphatic heterocycles. The van der Waals surface area contributed by atoms with Crippen LogP contribution in [0.1, 0.15) is 56.1 Å². The van der Waals surface area contributed by atoms with Gasteiger partial charge in [0, 0.05) is 20.0 Å². The van der Waals surface area contributed by atoms with Crippen LogP contribution in [0.5, 0.6) is 0 Å². The standard InChI is InChI=1S/C16H26ClN3O3/c1-10(2)13-12(14(17)20(5)19-13)15(21)18-9-11(3)8-16(4)22-6-7-23-16/h10-11H,6-9H2,1-5H3,(H,18,21)/t11-/m1/s1. The molecule has 0 aliphatic carbocycles. The molecule has 1 fully saturated rings. The molecule has 1 atom stereocenters. The number of carbonyl (C=O) groups is 1. The van der Waals surface area contributed by atoms with E-state index in [9.17, 15) is 4.79 Å². The van der Waals surface area contributed by atoms with Gasteiger partial charge in [0.05, 0.1) is 24.5 Å². The highest BCUT2D eigenvalue weighted by Gasteiger charge is 2.33. The Labute approximate surface area is 142 Å². The topological polar surface area (TPSA) is 65.4 Å². The van der Waals surface area contributed by atoms with Crippen LogP contribution >= 0.6 is 11.6 Å². The monoisotopic (exact) mass is 343 g/mol. The highest BCUT2D eigenvalue weighted by atomic mass is 35.5. The number of halogens is 1. The summed E-state index contributed by atoms with van der Waals surface area (Å²) >= 11 is 6.23. The first-order valence-electron chi connectivity index (χ1n) is 8.02. The highest BCUT2D eigenvalue weighted by molar-refractivity contribution is 6.33. The summed E-state index contributed by atoms with van der Waals surface area (Å²) < 4.78 is 12.8. The minimum atomic E-state index is -0.542. The van der Waals surface area contributed by atoms with Gasteiger partial charge in [-0.2, -0.15) is 5.10 Å². The predicted molar refractivity (Wildman–Crippen MR) is 88.7 cm³/mol. The molecule has 0 radical (unpaired) electrons. The molecule has 1 amide bonds. The van der Waals surface area contributed by atoms with Gasteiger partial charge in [0.2, 0.25) is 0 Å². The lowest BCUT2D eigenvalue weighted by atomic mass is 10.0. The number of carbonyl (C=O) groups excluding carboxylic acids is 1. The van der Waals surface area contributed by atoms with Crippen LogP contribution in [-0.4, -0.2) is 41.2 Å². The van der Waals surface area contributed by atoms with Gasteiger partial charge in [0.25, 0.3) is 5.91 Å². The molecule has 0 bridgehead atoms. The molecule has 1 aromatic heterocycles. The Hall–Kier alpha value is -1.11. The zero-order chi connectivity index (χ0) is 17.2. The van der Waals surface area contributed by atoms with Crippen molar-refractivity contribution in [2.24, 2.45) is 13.0 Å². The minimum Gasteiger partial charge on any atom is -0.352 e. The third-order valence-corrected chi connectivity index (χ3v) is 4.44. The van der Waals surface area contributed by atoms with E-state index in [1.165, 1.54) is 4.68 Å². The van der Waals surface area contributed by atoms with Crippen molar-refractivity contribution in [3.05, 3.63) is 16.4 Å². The Bertz CT molecular complexity index is 565. The van der Waals surface area contributed by atoms with Crippen molar-refractivity contribution < 1.29 is 14.3 Å². The second-order valence-electron chi connectivity index (χ2n) is 6.68. The largest absolute Gasteiger partial charge is 0.352 e. The highest BCUT2D eigenvalue weighted by Crippen LogP contribution is 2.27. The summed E-state index contributed by atoms with van der Waals surface area (Å²) in [5.41, 5.74) is 1.19. The molecular weight excluding hydrogens is 318 g/mol. The van der Waals surface area contributed by atoms with Crippen LogP contribution in [0.3, 0.4) is 0 Å². The normalized spacial score (nSPS) is 18.4. The van der Waals surface area contributed by atoms with Gasteiger partial charge in [-0.25, -0.2) is 0 Å². The van der Waals surface area contributed by atoms with Gasteiger partial charge in [-0.3, -0.25) is 9.48 Å². The fraction of sp³-hybridized carbons (Fsp3) is 0.750. The number of aryl methyl sites for hydroxylation is 1. The van der Waals surface area contributed by atoms with Crippen LogP contribution in [0.4, 0.5) is 0 Å². The van der Waals surface area contributed by atoms with Gasteiger partial charge in [-0.1, -0.05) is 32.4 Å². The van der Waals surface area contributed by atoms with Crippen LogP contribution in [-0.2, 0) is 16.5 Å². The molecule has 0 aromatic carbocycles. The van der Waals surface area contributed by atoms with E-state index in [0.29, 0.717) is 30.5 Å². The number of amides is 1. The molecule has 2 heterocycles. The minimum absolute atomic E-state index is 0.131. The van der Waals surface area contributed by atoms with E-state index >= 15 is 0 Å². The lowest BCUT2D eigenvalue weighted by Crippen LogP contribution is -2.34. The number of hydrogen-bond acceptors (Lipinski definition) is 4. The summed E-state index contributed by atoms with van der Waals surface area (Å²) in [5, 5.41) is 7.66. The maximum Gasteiger partial charge on any atom is 0.256 e. The fourth-order valence-corrected chi connectivity index (χ4v) is 3.09. The Morgan fingerprint density at radius 1 is 1.39 bits per heavy atom. The van der Waals surface area contributed by atoms with Crippen LogP contribution in [0.25, 0.3) is 0 Å². The number of nitrogens with one attached hydrogen (secondary N) is 1. The average Bonchev–Trinajstić information content (AvgIpc) is 3.01. The number of aromatic nitrogens is 2. The van der Waals surface area contributed by atoms with E-state index in [-0.39, 0.29) is 17.7 Å². The Morgan fingerprint density at radius 3 is 2.57 bits per heavy atom. The molecule has 7 heteroatoms. The van der Waals surface area contributed by atoms with E-state index < -0.39 is 5.79 Å². The summed E-state index contributed by atoms with van der Waals surface area (Å²) in [7, 11) is 1.74. The first kappa shape index (κ1) is 18.2. The summed E-state index contributed by atoms with van der Waals surface area (Å²) in [6.45, 7) is 9.76. The summed E-state index contributed by atoms with van der Waals surface area (Å²) in [6.07, 6.45) is 0.727. The maximum atomic E-state index is 12.5. The quantitative estimate of drug-likeness (QED) is 0.862. The Morgan fingerprint density at radius 2 is 2.00 bits per heavy atom. The summed E-state index contributed by atoms with van der Waals surface area (Å²) in [4.78, 5) is 12.5. The molecule has 1 aromatic rings. The molecule has 0 unspecified atom stereocenters. The van der Waals surface area contributed by atoms with Crippen molar-refractivity contribution >= 4 is 17.5 Å². The first-order chi connectivity index (χ1) is 10.7.